The minimum absolute atomic E-state index is 0.778. The first-order valence-corrected chi connectivity index (χ1v) is 9.11. The van der Waals surface area contributed by atoms with Crippen molar-refractivity contribution < 1.29 is 0 Å². The lowest BCUT2D eigenvalue weighted by Gasteiger charge is -2.20. The van der Waals surface area contributed by atoms with Gasteiger partial charge in [0.1, 0.15) is 0 Å². The molecule has 2 N–H and O–H groups in total. The fraction of sp³-hybridized carbons (Fsp3) is 0.450. The molecule has 5 nitrogen and oxygen atoms in total. The monoisotopic (exact) mass is 341 g/mol. The van der Waals surface area contributed by atoms with Crippen LogP contribution in [-0.4, -0.2) is 42.1 Å². The number of aromatic nitrogens is 1. The molecule has 0 aliphatic heterocycles. The molecule has 25 heavy (non-hydrogen) atoms. The minimum atomic E-state index is 0.778. The molecule has 0 fully saturated rings. The van der Waals surface area contributed by atoms with Crippen LogP contribution in [0.5, 0.6) is 0 Å². The third-order valence-electron chi connectivity index (χ3n) is 4.41. The number of nitrogens with zero attached hydrogens (tertiary/aromatic N) is 3. The fourth-order valence-electron chi connectivity index (χ4n) is 2.79. The molecular weight excluding hydrogens is 310 g/mol. The van der Waals surface area contributed by atoms with Crippen molar-refractivity contribution in [3.05, 3.63) is 59.9 Å². The quantitative estimate of drug-likeness (QED) is 0.544. The van der Waals surface area contributed by atoms with Gasteiger partial charge in [-0.25, -0.2) is 0 Å². The van der Waals surface area contributed by atoms with Crippen molar-refractivity contribution in [1.82, 2.24) is 20.1 Å². The third kappa shape index (κ3) is 6.27. The molecule has 2 aromatic rings. The Kier molecular flexibility index (Phi) is 8.05. The Bertz CT molecular complexity index is 629. The third-order valence-corrected chi connectivity index (χ3v) is 4.41. The maximum absolute atomic E-state index is 4.32. The number of guanidine groups is 1. The van der Waals surface area contributed by atoms with Gasteiger partial charge < -0.3 is 15.2 Å². The highest BCUT2D eigenvalue weighted by Gasteiger charge is 2.07. The molecule has 0 atom stereocenters. The lowest BCUT2D eigenvalue weighted by atomic mass is 10.1. The molecule has 5 heteroatoms. The van der Waals surface area contributed by atoms with Gasteiger partial charge in [0.25, 0.3) is 0 Å². The summed E-state index contributed by atoms with van der Waals surface area (Å²) in [6, 6.07) is 12.7. The van der Waals surface area contributed by atoms with Crippen LogP contribution in [0.25, 0.3) is 0 Å². The van der Waals surface area contributed by atoms with Gasteiger partial charge in [0.15, 0.2) is 5.96 Å². The second kappa shape index (κ2) is 10.6. The Morgan fingerprint density at radius 1 is 1.00 bits per heavy atom. The van der Waals surface area contributed by atoms with E-state index < -0.39 is 0 Å². The van der Waals surface area contributed by atoms with Gasteiger partial charge in [-0.1, -0.05) is 38.1 Å². The minimum Gasteiger partial charge on any atom is -0.355 e. The van der Waals surface area contributed by atoms with Crippen molar-refractivity contribution in [3.63, 3.8) is 0 Å². The lowest BCUT2D eigenvalue weighted by molar-refractivity contribution is 0.295. The van der Waals surface area contributed by atoms with Gasteiger partial charge in [-0.3, -0.25) is 9.89 Å². The van der Waals surface area contributed by atoms with Crippen molar-refractivity contribution in [2.45, 2.75) is 33.5 Å². The molecule has 0 spiro atoms. The predicted molar refractivity (Wildman–Crippen MR) is 106 cm³/mol. The summed E-state index contributed by atoms with van der Waals surface area (Å²) >= 11 is 0. The van der Waals surface area contributed by atoms with Crippen LogP contribution in [0.15, 0.2) is 53.8 Å². The average molecular weight is 342 g/mol. The van der Waals surface area contributed by atoms with Gasteiger partial charge in [-0.05, 0) is 36.3 Å². The highest BCUT2D eigenvalue weighted by Crippen LogP contribution is 2.11. The van der Waals surface area contributed by atoms with Gasteiger partial charge in [-0.2, -0.15) is 0 Å². The molecule has 1 heterocycles. The molecule has 0 aliphatic carbocycles. The fourth-order valence-corrected chi connectivity index (χ4v) is 2.79. The molecule has 0 amide bonds. The summed E-state index contributed by atoms with van der Waals surface area (Å²) in [4.78, 5) is 6.75. The van der Waals surface area contributed by atoms with Gasteiger partial charge in [0.2, 0.25) is 0 Å². The first kappa shape index (κ1) is 19.1. The number of aliphatic imine (C=N–C) groups is 1. The summed E-state index contributed by atoms with van der Waals surface area (Å²) in [5.74, 6) is 0.838. The van der Waals surface area contributed by atoms with E-state index in [4.69, 9.17) is 0 Å². The van der Waals surface area contributed by atoms with E-state index in [9.17, 15) is 0 Å². The summed E-state index contributed by atoms with van der Waals surface area (Å²) in [7, 11) is 1.81. The van der Waals surface area contributed by atoms with Crippen molar-refractivity contribution in [3.8, 4) is 0 Å². The topological polar surface area (TPSA) is 44.6 Å². The summed E-state index contributed by atoms with van der Waals surface area (Å²) in [6.07, 6.45) is 4.14. The van der Waals surface area contributed by atoms with Crippen molar-refractivity contribution in [2.75, 3.05) is 26.7 Å². The van der Waals surface area contributed by atoms with E-state index in [-0.39, 0.29) is 0 Å². The highest BCUT2D eigenvalue weighted by molar-refractivity contribution is 5.79. The van der Waals surface area contributed by atoms with Crippen LogP contribution in [0.4, 0.5) is 0 Å². The molecule has 0 saturated carbocycles. The Labute approximate surface area is 151 Å². The number of rotatable bonds is 9. The summed E-state index contributed by atoms with van der Waals surface area (Å²) in [6.45, 7) is 10.1. The second-order valence-electron chi connectivity index (χ2n) is 6.00. The second-order valence-corrected chi connectivity index (χ2v) is 6.00. The Morgan fingerprint density at radius 3 is 2.32 bits per heavy atom. The molecule has 1 aromatic heterocycles. The van der Waals surface area contributed by atoms with Gasteiger partial charge in [0, 0.05) is 45.6 Å². The summed E-state index contributed by atoms with van der Waals surface area (Å²) in [5.41, 5.74) is 2.70. The standard InChI is InChI=1S/C20H31N5/c1-4-24(5-2)17-19-11-7-6-10-18(19)16-23-20(21-3)22-12-15-25-13-8-9-14-25/h6-11,13-14H,4-5,12,15-17H2,1-3H3,(H2,21,22,23). The number of hydrogen-bond donors (Lipinski definition) is 2. The van der Waals surface area contributed by atoms with Crippen LogP contribution < -0.4 is 10.6 Å². The Balaban J connectivity index is 1.86. The van der Waals surface area contributed by atoms with Crippen molar-refractivity contribution >= 4 is 5.96 Å². The molecular formula is C20H31N5. The number of hydrogen-bond acceptors (Lipinski definition) is 2. The van der Waals surface area contributed by atoms with Crippen LogP contribution in [-0.2, 0) is 19.6 Å². The van der Waals surface area contributed by atoms with Crippen LogP contribution >= 0.6 is 0 Å². The van der Waals surface area contributed by atoms with Crippen LogP contribution in [0.2, 0.25) is 0 Å². The van der Waals surface area contributed by atoms with Crippen LogP contribution in [0.3, 0.4) is 0 Å². The molecule has 1 aromatic carbocycles. The Morgan fingerprint density at radius 2 is 1.68 bits per heavy atom. The van der Waals surface area contributed by atoms with E-state index in [1.54, 1.807) is 0 Å². The highest BCUT2D eigenvalue weighted by atomic mass is 15.2. The SMILES string of the molecule is CCN(CC)Cc1ccccc1CNC(=NC)NCCn1cccc1. The van der Waals surface area contributed by atoms with Crippen molar-refractivity contribution in [1.29, 1.82) is 0 Å². The molecule has 0 unspecified atom stereocenters. The zero-order valence-electron chi connectivity index (χ0n) is 15.7. The maximum atomic E-state index is 4.32. The van der Waals surface area contributed by atoms with Gasteiger partial charge in [-0.15, -0.1) is 0 Å². The van der Waals surface area contributed by atoms with Gasteiger partial charge in [0.05, 0.1) is 0 Å². The predicted octanol–water partition coefficient (Wildman–Crippen LogP) is 2.70. The van der Waals surface area contributed by atoms with E-state index >= 15 is 0 Å². The number of nitrogens with one attached hydrogen (secondary N) is 2. The smallest absolute Gasteiger partial charge is 0.191 e. The summed E-state index contributed by atoms with van der Waals surface area (Å²) in [5, 5.41) is 6.79. The molecule has 0 aliphatic rings. The van der Waals surface area contributed by atoms with Gasteiger partial charge >= 0.3 is 0 Å². The summed E-state index contributed by atoms with van der Waals surface area (Å²) < 4.78 is 2.15. The zero-order valence-corrected chi connectivity index (χ0v) is 15.7. The molecule has 0 saturated heterocycles. The van der Waals surface area contributed by atoms with E-state index in [1.165, 1.54) is 11.1 Å². The number of benzene rings is 1. The maximum Gasteiger partial charge on any atom is 0.191 e. The van der Waals surface area contributed by atoms with E-state index in [0.717, 1.165) is 45.2 Å². The van der Waals surface area contributed by atoms with E-state index in [1.807, 2.05) is 19.2 Å². The van der Waals surface area contributed by atoms with Crippen molar-refractivity contribution in [2.24, 2.45) is 4.99 Å². The largest absolute Gasteiger partial charge is 0.355 e. The first-order valence-electron chi connectivity index (χ1n) is 9.11. The molecule has 136 valence electrons. The molecule has 0 radical (unpaired) electrons. The van der Waals surface area contributed by atoms with E-state index in [0.29, 0.717) is 0 Å². The molecule has 0 bridgehead atoms. The first-order chi connectivity index (χ1) is 12.3. The normalized spacial score (nSPS) is 11.8. The average Bonchev–Trinajstić information content (AvgIpc) is 3.16. The molecule has 2 rings (SSSR count). The Hall–Kier alpha value is -2.27. The lowest BCUT2D eigenvalue weighted by Crippen LogP contribution is -2.38. The van der Waals surface area contributed by atoms with Crippen LogP contribution in [0.1, 0.15) is 25.0 Å². The van der Waals surface area contributed by atoms with E-state index in [2.05, 4.69) is 75.6 Å². The van der Waals surface area contributed by atoms with Crippen LogP contribution in [0, 0.1) is 0 Å². The zero-order chi connectivity index (χ0) is 17.9.